The summed E-state index contributed by atoms with van der Waals surface area (Å²) in [6.45, 7) is 4.01. The molecule has 6 nitrogen and oxygen atoms in total. The highest BCUT2D eigenvalue weighted by atomic mass is 16.5. The summed E-state index contributed by atoms with van der Waals surface area (Å²) in [5.74, 6) is 0.338. The van der Waals surface area contributed by atoms with Crippen molar-refractivity contribution in [2.45, 2.75) is 32.7 Å². The van der Waals surface area contributed by atoms with Gasteiger partial charge in [-0.2, -0.15) is 0 Å². The molecule has 0 saturated carbocycles. The van der Waals surface area contributed by atoms with E-state index in [1.807, 2.05) is 17.9 Å². The van der Waals surface area contributed by atoms with Gasteiger partial charge < -0.3 is 15.0 Å². The third-order valence-corrected chi connectivity index (χ3v) is 4.74. The van der Waals surface area contributed by atoms with Crippen LogP contribution >= 0.6 is 0 Å². The maximum absolute atomic E-state index is 12.4. The van der Waals surface area contributed by atoms with Crippen molar-refractivity contribution in [1.82, 2.24) is 15.2 Å². The van der Waals surface area contributed by atoms with Gasteiger partial charge in [0.2, 0.25) is 0 Å². The molecule has 0 bridgehead atoms. The highest BCUT2D eigenvalue weighted by molar-refractivity contribution is 5.94. The highest BCUT2D eigenvalue weighted by Gasteiger charge is 2.17. The minimum absolute atomic E-state index is 0.00127. The van der Waals surface area contributed by atoms with E-state index < -0.39 is 0 Å². The Labute approximate surface area is 159 Å². The number of carbonyl (C=O) groups excluding carboxylic acids is 2. The number of aryl methyl sites for hydroxylation is 1. The zero-order valence-corrected chi connectivity index (χ0v) is 15.6. The molecule has 3 rings (SSSR count). The van der Waals surface area contributed by atoms with Crippen LogP contribution in [-0.2, 0) is 11.3 Å². The maximum Gasteiger partial charge on any atom is 0.260 e. The van der Waals surface area contributed by atoms with Crippen LogP contribution in [0.15, 0.2) is 42.7 Å². The van der Waals surface area contributed by atoms with Crippen molar-refractivity contribution < 1.29 is 14.3 Å². The minimum Gasteiger partial charge on any atom is -0.484 e. The zero-order valence-electron chi connectivity index (χ0n) is 15.6. The van der Waals surface area contributed by atoms with Crippen molar-refractivity contribution in [2.24, 2.45) is 0 Å². The standard InChI is InChI=1S/C21H25N3O3/c1-16-13-22-9-8-18(16)14-23-21(26)17-6-5-7-19(12-17)27-15-20(25)24-10-3-2-4-11-24/h5-9,12-13H,2-4,10-11,14-15H2,1H3,(H,23,26). The van der Waals surface area contributed by atoms with E-state index in [1.54, 1.807) is 36.7 Å². The number of hydrogen-bond acceptors (Lipinski definition) is 4. The van der Waals surface area contributed by atoms with Crippen LogP contribution in [0.5, 0.6) is 5.75 Å². The number of benzene rings is 1. The van der Waals surface area contributed by atoms with Gasteiger partial charge in [-0.25, -0.2) is 0 Å². The Bertz CT molecular complexity index is 801. The number of pyridine rings is 1. The van der Waals surface area contributed by atoms with Gasteiger partial charge in [-0.1, -0.05) is 6.07 Å². The second-order valence-electron chi connectivity index (χ2n) is 6.74. The van der Waals surface area contributed by atoms with Gasteiger partial charge in [0.25, 0.3) is 11.8 Å². The van der Waals surface area contributed by atoms with E-state index >= 15 is 0 Å². The van der Waals surface area contributed by atoms with Gasteiger partial charge in [0.15, 0.2) is 6.61 Å². The molecule has 0 aliphatic carbocycles. The minimum atomic E-state index is -0.181. The molecular formula is C21H25N3O3. The molecule has 1 fully saturated rings. The van der Waals surface area contributed by atoms with E-state index in [-0.39, 0.29) is 18.4 Å². The van der Waals surface area contributed by atoms with Gasteiger partial charge in [-0.05, 0) is 61.6 Å². The number of rotatable bonds is 6. The highest BCUT2D eigenvalue weighted by Crippen LogP contribution is 2.15. The molecule has 2 aromatic rings. The molecule has 1 aliphatic rings. The molecule has 142 valence electrons. The summed E-state index contributed by atoms with van der Waals surface area (Å²) in [7, 11) is 0. The van der Waals surface area contributed by atoms with Crippen molar-refractivity contribution in [3.05, 3.63) is 59.4 Å². The topological polar surface area (TPSA) is 71.5 Å². The van der Waals surface area contributed by atoms with Gasteiger partial charge in [-0.15, -0.1) is 0 Å². The number of amides is 2. The summed E-state index contributed by atoms with van der Waals surface area (Å²) in [6, 6.07) is 8.80. The number of carbonyl (C=O) groups is 2. The van der Waals surface area contributed by atoms with Crippen LogP contribution in [-0.4, -0.2) is 41.4 Å². The van der Waals surface area contributed by atoms with Gasteiger partial charge in [0, 0.05) is 37.6 Å². The summed E-state index contributed by atoms with van der Waals surface area (Å²) >= 11 is 0. The molecule has 1 aromatic carbocycles. The van der Waals surface area contributed by atoms with Crippen molar-refractivity contribution in [2.75, 3.05) is 19.7 Å². The molecule has 1 aromatic heterocycles. The SMILES string of the molecule is Cc1cnccc1CNC(=O)c1cccc(OCC(=O)N2CCCCC2)c1. The fourth-order valence-corrected chi connectivity index (χ4v) is 3.08. The van der Waals surface area contributed by atoms with Crippen molar-refractivity contribution >= 4 is 11.8 Å². The zero-order chi connectivity index (χ0) is 19.1. The fourth-order valence-electron chi connectivity index (χ4n) is 3.08. The molecule has 0 spiro atoms. The lowest BCUT2D eigenvalue weighted by Gasteiger charge is -2.26. The van der Waals surface area contributed by atoms with Crippen LogP contribution in [0.3, 0.4) is 0 Å². The number of likely N-dealkylation sites (tertiary alicyclic amines) is 1. The lowest BCUT2D eigenvalue weighted by molar-refractivity contribution is -0.134. The molecule has 2 amide bonds. The number of nitrogens with one attached hydrogen (secondary N) is 1. The Morgan fingerprint density at radius 3 is 2.78 bits per heavy atom. The fraction of sp³-hybridized carbons (Fsp3) is 0.381. The van der Waals surface area contributed by atoms with Gasteiger partial charge >= 0.3 is 0 Å². The maximum atomic E-state index is 12.4. The first-order valence-electron chi connectivity index (χ1n) is 9.32. The van der Waals surface area contributed by atoms with E-state index in [1.165, 1.54) is 6.42 Å². The van der Waals surface area contributed by atoms with E-state index in [2.05, 4.69) is 10.3 Å². The van der Waals surface area contributed by atoms with E-state index in [9.17, 15) is 9.59 Å². The van der Waals surface area contributed by atoms with Gasteiger partial charge in [0.05, 0.1) is 0 Å². The summed E-state index contributed by atoms with van der Waals surface area (Å²) in [4.78, 5) is 30.5. The average molecular weight is 367 g/mol. The summed E-state index contributed by atoms with van der Waals surface area (Å²) in [6.07, 6.45) is 6.77. The average Bonchev–Trinajstić information content (AvgIpc) is 2.72. The first-order valence-corrected chi connectivity index (χ1v) is 9.32. The quantitative estimate of drug-likeness (QED) is 0.852. The largest absolute Gasteiger partial charge is 0.484 e. The molecule has 6 heteroatoms. The van der Waals surface area contributed by atoms with E-state index in [0.29, 0.717) is 17.9 Å². The van der Waals surface area contributed by atoms with E-state index in [0.717, 1.165) is 37.1 Å². The summed E-state index contributed by atoms with van der Waals surface area (Å²) < 4.78 is 5.61. The Morgan fingerprint density at radius 1 is 1.19 bits per heavy atom. The second kappa shape index (κ2) is 9.16. The first kappa shape index (κ1) is 18.9. The van der Waals surface area contributed by atoms with Crippen LogP contribution in [0.2, 0.25) is 0 Å². The monoisotopic (exact) mass is 367 g/mol. The molecule has 1 N–H and O–H groups in total. The lowest BCUT2D eigenvalue weighted by Crippen LogP contribution is -2.38. The normalized spacial score (nSPS) is 13.9. The summed E-state index contributed by atoms with van der Waals surface area (Å²) in [5.41, 5.74) is 2.56. The molecule has 0 radical (unpaired) electrons. The number of hydrogen-bond donors (Lipinski definition) is 1. The van der Waals surface area contributed by atoms with Crippen molar-refractivity contribution in [3.8, 4) is 5.75 Å². The molecule has 1 aliphatic heterocycles. The van der Waals surface area contributed by atoms with Crippen molar-refractivity contribution in [3.63, 3.8) is 0 Å². The number of aromatic nitrogens is 1. The third-order valence-electron chi connectivity index (χ3n) is 4.74. The summed E-state index contributed by atoms with van der Waals surface area (Å²) in [5, 5.41) is 2.90. The number of piperidine rings is 1. The van der Waals surface area contributed by atoms with E-state index in [4.69, 9.17) is 4.74 Å². The van der Waals surface area contributed by atoms with Crippen LogP contribution in [0.1, 0.15) is 40.7 Å². The molecule has 0 unspecified atom stereocenters. The van der Waals surface area contributed by atoms with Gasteiger partial charge in [0.1, 0.15) is 5.75 Å². The smallest absolute Gasteiger partial charge is 0.260 e. The number of nitrogens with zero attached hydrogens (tertiary/aromatic N) is 2. The predicted octanol–water partition coefficient (Wildman–Crippen LogP) is 2.71. The Kier molecular flexibility index (Phi) is 6.41. The van der Waals surface area contributed by atoms with Crippen LogP contribution in [0.4, 0.5) is 0 Å². The Morgan fingerprint density at radius 2 is 2.00 bits per heavy atom. The third kappa shape index (κ3) is 5.29. The molecular weight excluding hydrogens is 342 g/mol. The van der Waals surface area contributed by atoms with Crippen molar-refractivity contribution in [1.29, 1.82) is 0 Å². The second-order valence-corrected chi connectivity index (χ2v) is 6.74. The molecule has 1 saturated heterocycles. The molecule has 0 atom stereocenters. The predicted molar refractivity (Wildman–Crippen MR) is 103 cm³/mol. The van der Waals surface area contributed by atoms with Gasteiger partial charge in [-0.3, -0.25) is 14.6 Å². The first-order chi connectivity index (χ1) is 13.1. The molecule has 2 heterocycles. The van der Waals surface area contributed by atoms with Crippen LogP contribution < -0.4 is 10.1 Å². The lowest BCUT2D eigenvalue weighted by atomic mass is 10.1. The Balaban J connectivity index is 1.54. The van der Waals surface area contributed by atoms with Crippen LogP contribution in [0.25, 0.3) is 0 Å². The Hall–Kier alpha value is -2.89. The number of ether oxygens (including phenoxy) is 1. The van der Waals surface area contributed by atoms with Crippen LogP contribution in [0, 0.1) is 6.92 Å². The molecule has 27 heavy (non-hydrogen) atoms.